The average molecular weight is 393 g/mol. The van der Waals surface area contributed by atoms with E-state index in [1.54, 1.807) is 6.07 Å². The largest absolute Gasteiger partial charge is 0.309 e. The molecule has 0 fully saturated rings. The summed E-state index contributed by atoms with van der Waals surface area (Å²) in [7, 11) is 0. The van der Waals surface area contributed by atoms with Crippen molar-refractivity contribution in [3.8, 4) is 17.8 Å². The maximum atomic E-state index is 9.52. The van der Waals surface area contributed by atoms with Crippen LogP contribution in [-0.2, 0) is 0 Å². The van der Waals surface area contributed by atoms with Crippen molar-refractivity contribution in [2.24, 2.45) is 0 Å². The van der Waals surface area contributed by atoms with Gasteiger partial charge in [0.25, 0.3) is 0 Å². The Morgan fingerprint density at radius 1 is 0.548 bits per heavy atom. The quantitative estimate of drug-likeness (QED) is 0.307. The van der Waals surface area contributed by atoms with Crippen LogP contribution in [0.3, 0.4) is 0 Å². The zero-order valence-corrected chi connectivity index (χ0v) is 16.5. The number of fused-ring (bicyclic) bond motifs is 7. The molecule has 0 unspecified atom stereocenters. The molecular formula is C28H15N3. The van der Waals surface area contributed by atoms with Crippen LogP contribution in [0.5, 0.6) is 0 Å². The molecule has 0 aliphatic rings. The van der Waals surface area contributed by atoms with E-state index < -0.39 is 0 Å². The van der Waals surface area contributed by atoms with Crippen LogP contribution in [0, 0.1) is 22.7 Å². The molecular weight excluding hydrogens is 378 g/mol. The summed E-state index contributed by atoms with van der Waals surface area (Å²) >= 11 is 0. The Kier molecular flexibility index (Phi) is 3.60. The molecule has 0 spiro atoms. The SMILES string of the molecule is N#Cc1cc(C#N)cc(-n2c3ccc4ccccc4c3c3c4ccccc4ccc32)c1. The van der Waals surface area contributed by atoms with E-state index in [1.165, 1.54) is 32.3 Å². The van der Waals surface area contributed by atoms with Crippen LogP contribution in [0.15, 0.2) is 91.0 Å². The number of nitrogens with zero attached hydrogens (tertiary/aromatic N) is 3. The van der Waals surface area contributed by atoms with E-state index >= 15 is 0 Å². The Morgan fingerprint density at radius 2 is 1.03 bits per heavy atom. The first kappa shape index (κ1) is 17.3. The van der Waals surface area contributed by atoms with E-state index in [0.29, 0.717) is 11.1 Å². The Labute approximate surface area is 178 Å². The lowest BCUT2D eigenvalue weighted by molar-refractivity contribution is 1.17. The van der Waals surface area contributed by atoms with Gasteiger partial charge >= 0.3 is 0 Å². The number of rotatable bonds is 1. The van der Waals surface area contributed by atoms with Gasteiger partial charge in [-0.05, 0) is 51.9 Å². The summed E-state index contributed by atoms with van der Waals surface area (Å²) in [4.78, 5) is 0. The molecule has 0 atom stereocenters. The van der Waals surface area contributed by atoms with Gasteiger partial charge in [0.1, 0.15) is 0 Å². The lowest BCUT2D eigenvalue weighted by Gasteiger charge is -2.09. The molecule has 0 N–H and O–H groups in total. The second kappa shape index (κ2) is 6.46. The zero-order valence-electron chi connectivity index (χ0n) is 16.5. The number of nitriles is 2. The molecule has 0 saturated carbocycles. The molecule has 31 heavy (non-hydrogen) atoms. The van der Waals surface area contributed by atoms with E-state index in [4.69, 9.17) is 0 Å². The first-order valence-corrected chi connectivity index (χ1v) is 10.1. The molecule has 0 bridgehead atoms. The van der Waals surface area contributed by atoms with Crippen molar-refractivity contribution in [3.63, 3.8) is 0 Å². The maximum absolute atomic E-state index is 9.52. The summed E-state index contributed by atoms with van der Waals surface area (Å²) in [5, 5.41) is 26.2. The third-order valence-corrected chi connectivity index (χ3v) is 5.98. The summed E-state index contributed by atoms with van der Waals surface area (Å²) in [6, 6.07) is 35.1. The normalized spacial score (nSPS) is 11.2. The Morgan fingerprint density at radius 3 is 1.52 bits per heavy atom. The standard InChI is InChI=1S/C28H15N3/c29-16-18-13-19(17-30)15-22(14-18)31-25-11-9-20-5-1-3-7-23(20)27(25)28-24-8-4-2-6-21(24)10-12-26(28)31/h1-15H. The van der Waals surface area contributed by atoms with Crippen molar-refractivity contribution < 1.29 is 0 Å². The molecule has 0 radical (unpaired) electrons. The molecule has 6 rings (SSSR count). The molecule has 0 amide bonds. The minimum atomic E-state index is 0.477. The first-order valence-electron chi connectivity index (χ1n) is 10.1. The second-order valence-corrected chi connectivity index (χ2v) is 7.69. The van der Waals surface area contributed by atoms with E-state index in [9.17, 15) is 10.5 Å². The summed E-state index contributed by atoms with van der Waals surface area (Å²) < 4.78 is 2.17. The van der Waals surface area contributed by atoms with Crippen molar-refractivity contribution in [3.05, 3.63) is 102 Å². The predicted octanol–water partition coefficient (Wildman–Crippen LogP) is 6.83. The minimum absolute atomic E-state index is 0.477. The van der Waals surface area contributed by atoms with Gasteiger partial charge in [-0.1, -0.05) is 60.7 Å². The highest BCUT2D eigenvalue weighted by molar-refractivity contribution is 6.28. The fourth-order valence-corrected chi connectivity index (χ4v) is 4.70. The third-order valence-electron chi connectivity index (χ3n) is 5.98. The van der Waals surface area contributed by atoms with E-state index in [-0.39, 0.29) is 0 Å². The molecule has 0 aliphatic heterocycles. The van der Waals surface area contributed by atoms with Gasteiger partial charge in [-0.25, -0.2) is 0 Å². The van der Waals surface area contributed by atoms with Gasteiger partial charge in [0.2, 0.25) is 0 Å². The van der Waals surface area contributed by atoms with Crippen LogP contribution in [0.25, 0.3) is 49.0 Å². The third kappa shape index (κ3) is 2.45. The highest BCUT2D eigenvalue weighted by Crippen LogP contribution is 2.40. The maximum Gasteiger partial charge on any atom is 0.0992 e. The van der Waals surface area contributed by atoms with Crippen LogP contribution in [0.2, 0.25) is 0 Å². The molecule has 142 valence electrons. The molecule has 0 saturated heterocycles. The van der Waals surface area contributed by atoms with Crippen molar-refractivity contribution in [1.29, 1.82) is 10.5 Å². The zero-order chi connectivity index (χ0) is 20.9. The van der Waals surface area contributed by atoms with Crippen LogP contribution in [0.1, 0.15) is 11.1 Å². The van der Waals surface area contributed by atoms with Gasteiger partial charge in [-0.2, -0.15) is 10.5 Å². The summed E-state index contributed by atoms with van der Waals surface area (Å²) in [6.07, 6.45) is 0. The highest BCUT2D eigenvalue weighted by Gasteiger charge is 2.17. The number of aromatic nitrogens is 1. The Balaban J connectivity index is 1.90. The smallest absolute Gasteiger partial charge is 0.0992 e. The van der Waals surface area contributed by atoms with Gasteiger partial charge < -0.3 is 4.57 Å². The topological polar surface area (TPSA) is 52.5 Å². The van der Waals surface area contributed by atoms with Crippen LogP contribution >= 0.6 is 0 Å². The number of hydrogen-bond acceptors (Lipinski definition) is 2. The fraction of sp³-hybridized carbons (Fsp3) is 0. The van der Waals surface area contributed by atoms with Crippen LogP contribution < -0.4 is 0 Å². The monoisotopic (exact) mass is 393 g/mol. The van der Waals surface area contributed by atoms with Crippen LogP contribution in [0.4, 0.5) is 0 Å². The summed E-state index contributed by atoms with van der Waals surface area (Å²) in [6.45, 7) is 0. The fourth-order valence-electron chi connectivity index (χ4n) is 4.70. The number of hydrogen-bond donors (Lipinski definition) is 0. The first-order chi connectivity index (χ1) is 15.3. The minimum Gasteiger partial charge on any atom is -0.309 e. The van der Waals surface area contributed by atoms with Crippen molar-refractivity contribution in [2.75, 3.05) is 0 Å². The van der Waals surface area contributed by atoms with Crippen molar-refractivity contribution >= 4 is 43.4 Å². The lowest BCUT2D eigenvalue weighted by Crippen LogP contribution is -1.96. The van der Waals surface area contributed by atoms with Gasteiger partial charge in [-0.3, -0.25) is 0 Å². The highest BCUT2D eigenvalue weighted by atomic mass is 15.0. The molecule has 1 aromatic heterocycles. The van der Waals surface area contributed by atoms with Gasteiger partial charge in [-0.15, -0.1) is 0 Å². The van der Waals surface area contributed by atoms with E-state index in [2.05, 4.69) is 89.5 Å². The Bertz CT molecular complexity index is 1630. The van der Waals surface area contributed by atoms with Crippen molar-refractivity contribution in [1.82, 2.24) is 4.57 Å². The Hall–Kier alpha value is -4.60. The molecule has 5 aromatic carbocycles. The number of benzene rings is 5. The summed E-state index contributed by atoms with van der Waals surface area (Å²) in [5.74, 6) is 0. The molecule has 0 aliphatic carbocycles. The predicted molar refractivity (Wildman–Crippen MR) is 125 cm³/mol. The van der Waals surface area contributed by atoms with E-state index in [0.717, 1.165) is 16.7 Å². The van der Waals surface area contributed by atoms with Gasteiger partial charge in [0, 0.05) is 16.5 Å². The van der Waals surface area contributed by atoms with Crippen LogP contribution in [-0.4, -0.2) is 4.57 Å². The summed E-state index contributed by atoms with van der Waals surface area (Å²) in [5.41, 5.74) is 3.89. The van der Waals surface area contributed by atoms with Gasteiger partial charge in [0.15, 0.2) is 0 Å². The van der Waals surface area contributed by atoms with Gasteiger partial charge in [0.05, 0.1) is 34.3 Å². The van der Waals surface area contributed by atoms with E-state index in [1.807, 2.05) is 12.1 Å². The molecule has 6 aromatic rings. The lowest BCUT2D eigenvalue weighted by atomic mass is 10.00. The molecule has 3 nitrogen and oxygen atoms in total. The van der Waals surface area contributed by atoms with Crippen molar-refractivity contribution in [2.45, 2.75) is 0 Å². The molecule has 1 heterocycles. The molecule has 3 heteroatoms. The average Bonchev–Trinajstić information content (AvgIpc) is 3.19. The second-order valence-electron chi connectivity index (χ2n) is 7.69.